The van der Waals surface area contributed by atoms with Crippen molar-refractivity contribution >= 4 is 17.9 Å². The average molecular weight is 283 g/mol. The van der Waals surface area contributed by atoms with Crippen molar-refractivity contribution in [1.29, 1.82) is 0 Å². The van der Waals surface area contributed by atoms with Gasteiger partial charge in [-0.05, 0) is 19.3 Å². The van der Waals surface area contributed by atoms with Crippen molar-refractivity contribution < 1.29 is 19.5 Å². The van der Waals surface area contributed by atoms with Gasteiger partial charge in [-0.3, -0.25) is 4.79 Å². The molecular weight excluding hydrogens is 262 g/mol. The molecule has 3 N–H and O–H groups in total. The summed E-state index contributed by atoms with van der Waals surface area (Å²) in [7, 11) is 0. The van der Waals surface area contributed by atoms with Crippen LogP contribution in [0.3, 0.4) is 0 Å². The van der Waals surface area contributed by atoms with E-state index in [2.05, 4.69) is 10.6 Å². The summed E-state index contributed by atoms with van der Waals surface area (Å²) >= 11 is 0. The van der Waals surface area contributed by atoms with E-state index in [9.17, 15) is 14.4 Å². The number of amides is 3. The minimum Gasteiger partial charge on any atom is -0.480 e. The van der Waals surface area contributed by atoms with Gasteiger partial charge in [-0.1, -0.05) is 13.3 Å². The summed E-state index contributed by atoms with van der Waals surface area (Å²) in [6.45, 7) is 2.90. The van der Waals surface area contributed by atoms with Gasteiger partial charge in [-0.15, -0.1) is 0 Å². The number of aliphatic carboxylic acids is 1. The normalized spacial score (nSPS) is 26.6. The maximum absolute atomic E-state index is 12.2. The van der Waals surface area contributed by atoms with Gasteiger partial charge in [0.05, 0.1) is 12.0 Å². The largest absolute Gasteiger partial charge is 0.480 e. The number of urea groups is 1. The molecular formula is C13H21N3O4. The molecule has 3 unspecified atom stereocenters. The minimum atomic E-state index is -1.02. The third kappa shape index (κ3) is 2.86. The van der Waals surface area contributed by atoms with E-state index in [1.54, 1.807) is 4.90 Å². The monoisotopic (exact) mass is 283 g/mol. The number of carboxylic acids is 1. The highest BCUT2D eigenvalue weighted by atomic mass is 16.4. The van der Waals surface area contributed by atoms with E-state index >= 15 is 0 Å². The first-order valence-corrected chi connectivity index (χ1v) is 7.12. The second kappa shape index (κ2) is 6.11. The predicted molar refractivity (Wildman–Crippen MR) is 71.1 cm³/mol. The Morgan fingerprint density at radius 2 is 2.30 bits per heavy atom. The third-order valence-electron chi connectivity index (χ3n) is 4.04. The van der Waals surface area contributed by atoms with Crippen LogP contribution in [0.5, 0.6) is 0 Å². The number of carboxylic acid groups (broad SMARTS) is 1. The molecule has 3 atom stereocenters. The van der Waals surface area contributed by atoms with Crippen molar-refractivity contribution in [1.82, 2.24) is 15.5 Å². The highest BCUT2D eigenvalue weighted by Gasteiger charge is 2.43. The maximum Gasteiger partial charge on any atom is 0.326 e. The molecule has 2 aliphatic rings. The molecule has 0 saturated carbocycles. The predicted octanol–water partition coefficient (Wildman–Crippen LogP) is 0.160. The quantitative estimate of drug-likeness (QED) is 0.684. The van der Waals surface area contributed by atoms with E-state index < -0.39 is 12.0 Å². The van der Waals surface area contributed by atoms with Gasteiger partial charge in [-0.2, -0.15) is 0 Å². The molecule has 0 radical (unpaired) electrons. The molecule has 0 aromatic carbocycles. The lowest BCUT2D eigenvalue weighted by Crippen LogP contribution is -2.55. The molecule has 2 aliphatic heterocycles. The van der Waals surface area contributed by atoms with E-state index in [1.165, 1.54) is 0 Å². The number of carbonyl (C=O) groups is 3. The zero-order valence-electron chi connectivity index (χ0n) is 11.6. The van der Waals surface area contributed by atoms with Gasteiger partial charge in [0.25, 0.3) is 0 Å². The first kappa shape index (κ1) is 14.6. The van der Waals surface area contributed by atoms with Crippen LogP contribution in [-0.4, -0.2) is 53.1 Å². The fraction of sp³-hybridized carbons (Fsp3) is 0.769. The van der Waals surface area contributed by atoms with Crippen LogP contribution < -0.4 is 10.6 Å². The molecule has 0 aromatic rings. The molecule has 2 heterocycles. The summed E-state index contributed by atoms with van der Waals surface area (Å²) < 4.78 is 0. The molecule has 0 aromatic heterocycles. The molecule has 2 rings (SSSR count). The van der Waals surface area contributed by atoms with Crippen LogP contribution in [-0.2, 0) is 9.59 Å². The second-order valence-electron chi connectivity index (χ2n) is 5.38. The standard InChI is InChI=1S/C13H21N3O4/c1-2-4-9(12(18)19)15-13(20)16-6-3-5-8-10(16)7-14-11(8)17/h8-10H,2-7H2,1H3,(H,14,17)(H,15,20)(H,18,19). The zero-order valence-corrected chi connectivity index (χ0v) is 11.6. The lowest BCUT2D eigenvalue weighted by Gasteiger charge is -2.36. The highest BCUT2D eigenvalue weighted by molar-refractivity contribution is 5.86. The van der Waals surface area contributed by atoms with Crippen LogP contribution >= 0.6 is 0 Å². The average Bonchev–Trinajstić information content (AvgIpc) is 2.80. The Morgan fingerprint density at radius 1 is 1.55 bits per heavy atom. The fourth-order valence-electron chi connectivity index (χ4n) is 2.98. The second-order valence-corrected chi connectivity index (χ2v) is 5.38. The summed E-state index contributed by atoms with van der Waals surface area (Å²) in [5, 5.41) is 14.4. The van der Waals surface area contributed by atoms with Crippen molar-refractivity contribution in [3.05, 3.63) is 0 Å². The van der Waals surface area contributed by atoms with E-state index in [4.69, 9.17) is 5.11 Å². The smallest absolute Gasteiger partial charge is 0.326 e. The van der Waals surface area contributed by atoms with Crippen LogP contribution in [0.25, 0.3) is 0 Å². The minimum absolute atomic E-state index is 0.00385. The molecule has 2 saturated heterocycles. The van der Waals surface area contributed by atoms with Crippen molar-refractivity contribution in [3.8, 4) is 0 Å². The van der Waals surface area contributed by atoms with Crippen molar-refractivity contribution in [2.75, 3.05) is 13.1 Å². The molecule has 0 bridgehead atoms. The summed E-state index contributed by atoms with van der Waals surface area (Å²) in [6, 6.07) is -1.39. The van der Waals surface area contributed by atoms with E-state index in [0.29, 0.717) is 25.9 Å². The summed E-state index contributed by atoms with van der Waals surface area (Å²) in [5.74, 6) is -1.17. The van der Waals surface area contributed by atoms with Gasteiger partial charge in [-0.25, -0.2) is 9.59 Å². The van der Waals surface area contributed by atoms with Crippen LogP contribution in [0.15, 0.2) is 0 Å². The Bertz CT molecular complexity index is 412. The lowest BCUT2D eigenvalue weighted by molar-refractivity contribution is -0.139. The number of likely N-dealkylation sites (tertiary alicyclic amines) is 1. The van der Waals surface area contributed by atoms with Gasteiger partial charge in [0.15, 0.2) is 0 Å². The van der Waals surface area contributed by atoms with Crippen LogP contribution in [0, 0.1) is 5.92 Å². The Morgan fingerprint density at radius 3 is 2.95 bits per heavy atom. The van der Waals surface area contributed by atoms with E-state index in [0.717, 1.165) is 12.8 Å². The number of fused-ring (bicyclic) bond motifs is 1. The molecule has 0 aliphatic carbocycles. The Labute approximate surface area is 117 Å². The van der Waals surface area contributed by atoms with Crippen LogP contribution in [0.4, 0.5) is 4.79 Å². The maximum atomic E-state index is 12.2. The number of nitrogens with zero attached hydrogens (tertiary/aromatic N) is 1. The fourth-order valence-corrected chi connectivity index (χ4v) is 2.98. The van der Waals surface area contributed by atoms with Gasteiger partial charge in [0.2, 0.25) is 5.91 Å². The molecule has 2 fully saturated rings. The third-order valence-corrected chi connectivity index (χ3v) is 4.04. The van der Waals surface area contributed by atoms with Gasteiger partial charge >= 0.3 is 12.0 Å². The first-order chi connectivity index (χ1) is 9.54. The summed E-state index contributed by atoms with van der Waals surface area (Å²) in [4.78, 5) is 36.6. The van der Waals surface area contributed by atoms with Gasteiger partial charge in [0, 0.05) is 13.1 Å². The highest BCUT2D eigenvalue weighted by Crippen LogP contribution is 2.27. The SMILES string of the molecule is CCCC(NC(=O)N1CCCC2C(=O)NCC21)C(=O)O. The summed E-state index contributed by atoms with van der Waals surface area (Å²) in [6.07, 6.45) is 2.65. The Balaban J connectivity index is 2.01. The summed E-state index contributed by atoms with van der Waals surface area (Å²) in [5.41, 5.74) is 0. The number of piperidine rings is 1. The molecule has 7 heteroatoms. The van der Waals surface area contributed by atoms with E-state index in [-0.39, 0.29) is 23.9 Å². The van der Waals surface area contributed by atoms with Crippen molar-refractivity contribution in [2.24, 2.45) is 5.92 Å². The molecule has 3 amide bonds. The zero-order chi connectivity index (χ0) is 14.7. The number of hydrogen-bond acceptors (Lipinski definition) is 3. The Hall–Kier alpha value is -1.79. The lowest BCUT2D eigenvalue weighted by atomic mass is 9.92. The number of hydrogen-bond donors (Lipinski definition) is 3. The van der Waals surface area contributed by atoms with Crippen molar-refractivity contribution in [2.45, 2.75) is 44.7 Å². The van der Waals surface area contributed by atoms with Gasteiger partial charge < -0.3 is 20.6 Å². The molecule has 112 valence electrons. The first-order valence-electron chi connectivity index (χ1n) is 7.12. The van der Waals surface area contributed by atoms with Crippen LogP contribution in [0.2, 0.25) is 0 Å². The molecule has 7 nitrogen and oxygen atoms in total. The number of carbonyl (C=O) groups excluding carboxylic acids is 2. The van der Waals surface area contributed by atoms with Crippen molar-refractivity contribution in [3.63, 3.8) is 0 Å². The number of nitrogens with one attached hydrogen (secondary N) is 2. The van der Waals surface area contributed by atoms with E-state index in [1.807, 2.05) is 6.92 Å². The van der Waals surface area contributed by atoms with Gasteiger partial charge in [0.1, 0.15) is 6.04 Å². The molecule has 20 heavy (non-hydrogen) atoms. The Kier molecular flexibility index (Phi) is 4.46. The number of rotatable bonds is 4. The molecule has 0 spiro atoms. The topological polar surface area (TPSA) is 98.7 Å². The van der Waals surface area contributed by atoms with Crippen LogP contribution in [0.1, 0.15) is 32.6 Å².